The average Bonchev–Trinajstić information content (AvgIpc) is 2.82. The van der Waals surface area contributed by atoms with E-state index in [0.29, 0.717) is 0 Å². The van der Waals surface area contributed by atoms with Crippen molar-refractivity contribution >= 4 is 0 Å². The predicted octanol–water partition coefficient (Wildman–Crippen LogP) is 3.74. The second kappa shape index (κ2) is 10.1. The summed E-state index contributed by atoms with van der Waals surface area (Å²) in [6.07, 6.45) is 13.4. The zero-order chi connectivity index (χ0) is 13.1. The van der Waals surface area contributed by atoms with E-state index in [1.807, 2.05) is 6.20 Å². The van der Waals surface area contributed by atoms with Crippen LogP contribution >= 0.6 is 0 Å². The lowest BCUT2D eigenvalue weighted by atomic mass is 10.1. The van der Waals surface area contributed by atoms with Gasteiger partial charge in [0.1, 0.15) is 0 Å². The van der Waals surface area contributed by atoms with Gasteiger partial charge in [-0.1, -0.05) is 46.0 Å². The summed E-state index contributed by atoms with van der Waals surface area (Å²) in [5.41, 5.74) is 1.30. The first kappa shape index (κ1) is 15.2. The molecule has 1 rings (SSSR count). The van der Waals surface area contributed by atoms with Crippen molar-refractivity contribution in [3.63, 3.8) is 0 Å². The van der Waals surface area contributed by atoms with Gasteiger partial charge in [0.2, 0.25) is 0 Å². The second-order valence-electron chi connectivity index (χ2n) is 5.06. The Morgan fingerprint density at radius 1 is 1.06 bits per heavy atom. The predicted molar refractivity (Wildman–Crippen MR) is 77.6 cm³/mol. The maximum absolute atomic E-state index is 4.41. The van der Waals surface area contributed by atoms with Crippen LogP contribution in [0.3, 0.4) is 0 Å². The Bertz CT molecular complexity index is 294. The highest BCUT2D eigenvalue weighted by Gasteiger charge is 1.98. The number of nitrogens with zero attached hydrogens (tertiary/aromatic N) is 2. The third kappa shape index (κ3) is 6.80. The highest BCUT2D eigenvalue weighted by Crippen LogP contribution is 2.06. The molecule has 0 aliphatic carbocycles. The topological polar surface area (TPSA) is 29.9 Å². The molecule has 0 fully saturated rings. The smallest absolute Gasteiger partial charge is 0.0534 e. The number of hydrogen-bond acceptors (Lipinski definition) is 2. The van der Waals surface area contributed by atoms with E-state index < -0.39 is 0 Å². The Balaban J connectivity index is 2.07. The molecule has 1 N–H and O–H groups in total. The van der Waals surface area contributed by atoms with E-state index in [0.717, 1.165) is 19.6 Å². The van der Waals surface area contributed by atoms with Crippen molar-refractivity contribution in [3.05, 3.63) is 18.0 Å². The highest BCUT2D eigenvalue weighted by atomic mass is 15.3. The fourth-order valence-electron chi connectivity index (χ4n) is 2.08. The molecule has 1 heterocycles. The zero-order valence-electron chi connectivity index (χ0n) is 12.1. The molecule has 0 bridgehead atoms. The van der Waals surface area contributed by atoms with Crippen LogP contribution in [-0.4, -0.2) is 16.3 Å². The minimum atomic E-state index is 0.949. The number of nitrogens with one attached hydrogen (secondary N) is 1. The molecule has 0 aromatic carbocycles. The fraction of sp³-hybridized carbons (Fsp3) is 0.800. The molecule has 0 aliphatic rings. The maximum atomic E-state index is 4.41. The Hall–Kier alpha value is -0.830. The highest BCUT2D eigenvalue weighted by molar-refractivity contribution is 5.03. The molecule has 0 saturated heterocycles. The molecule has 104 valence electrons. The van der Waals surface area contributed by atoms with Gasteiger partial charge in [-0.2, -0.15) is 5.10 Å². The Morgan fingerprint density at radius 2 is 1.83 bits per heavy atom. The molecule has 0 atom stereocenters. The van der Waals surface area contributed by atoms with Crippen LogP contribution in [0.1, 0.15) is 64.4 Å². The monoisotopic (exact) mass is 251 g/mol. The Labute approximate surface area is 112 Å². The molecular formula is C15H29N3. The lowest BCUT2D eigenvalue weighted by molar-refractivity contribution is 0.527. The first-order valence-corrected chi connectivity index (χ1v) is 7.58. The van der Waals surface area contributed by atoms with Crippen molar-refractivity contribution in [1.29, 1.82) is 0 Å². The van der Waals surface area contributed by atoms with Gasteiger partial charge in [0, 0.05) is 24.8 Å². The number of unbranched alkanes of at least 4 members (excludes halogenated alkanes) is 5. The summed E-state index contributed by atoms with van der Waals surface area (Å²) >= 11 is 0. The fourth-order valence-corrected chi connectivity index (χ4v) is 2.08. The minimum absolute atomic E-state index is 0.949. The maximum Gasteiger partial charge on any atom is 0.0534 e. The van der Waals surface area contributed by atoms with E-state index >= 15 is 0 Å². The lowest BCUT2D eigenvalue weighted by Gasteiger charge is -2.02. The standard InChI is InChI=1S/C15H29N3/c1-3-5-6-7-8-9-11-18-14-15(13-17-18)12-16-10-4-2/h13-14,16H,3-12H2,1-2H3. The van der Waals surface area contributed by atoms with E-state index in [1.165, 1.54) is 50.5 Å². The third-order valence-electron chi connectivity index (χ3n) is 3.18. The first-order chi connectivity index (χ1) is 8.86. The van der Waals surface area contributed by atoms with Crippen LogP contribution < -0.4 is 5.32 Å². The number of rotatable bonds is 11. The van der Waals surface area contributed by atoms with Crippen LogP contribution in [0, 0.1) is 0 Å². The van der Waals surface area contributed by atoms with Gasteiger partial charge in [-0.3, -0.25) is 4.68 Å². The third-order valence-corrected chi connectivity index (χ3v) is 3.18. The molecule has 0 amide bonds. The summed E-state index contributed by atoms with van der Waals surface area (Å²) in [7, 11) is 0. The molecule has 0 spiro atoms. The molecule has 1 aromatic heterocycles. The summed E-state index contributed by atoms with van der Waals surface area (Å²) < 4.78 is 2.09. The number of aromatic nitrogens is 2. The molecule has 0 radical (unpaired) electrons. The van der Waals surface area contributed by atoms with Gasteiger partial charge in [0.15, 0.2) is 0 Å². The molecule has 0 unspecified atom stereocenters. The zero-order valence-corrected chi connectivity index (χ0v) is 12.1. The Kier molecular flexibility index (Phi) is 8.57. The molecule has 3 heteroatoms. The van der Waals surface area contributed by atoms with Gasteiger partial charge in [-0.15, -0.1) is 0 Å². The van der Waals surface area contributed by atoms with E-state index in [-0.39, 0.29) is 0 Å². The summed E-state index contributed by atoms with van der Waals surface area (Å²) in [6.45, 7) is 7.56. The molecule has 0 aliphatic heterocycles. The summed E-state index contributed by atoms with van der Waals surface area (Å²) in [4.78, 5) is 0. The van der Waals surface area contributed by atoms with Crippen molar-refractivity contribution in [3.8, 4) is 0 Å². The SMILES string of the molecule is CCCCCCCCn1cc(CNCCC)cn1. The quantitative estimate of drug-likeness (QED) is 0.607. The normalized spacial score (nSPS) is 11.0. The van der Waals surface area contributed by atoms with Gasteiger partial charge in [-0.25, -0.2) is 0 Å². The summed E-state index contributed by atoms with van der Waals surface area (Å²) in [5, 5.41) is 7.81. The number of aryl methyl sites for hydroxylation is 1. The van der Waals surface area contributed by atoms with Gasteiger partial charge in [0.25, 0.3) is 0 Å². The molecular weight excluding hydrogens is 222 g/mol. The van der Waals surface area contributed by atoms with Crippen molar-refractivity contribution in [2.45, 2.75) is 71.9 Å². The van der Waals surface area contributed by atoms with Crippen LogP contribution in [0.4, 0.5) is 0 Å². The van der Waals surface area contributed by atoms with E-state index in [1.54, 1.807) is 0 Å². The Morgan fingerprint density at radius 3 is 2.61 bits per heavy atom. The summed E-state index contributed by atoms with van der Waals surface area (Å²) in [5.74, 6) is 0. The largest absolute Gasteiger partial charge is 0.313 e. The minimum Gasteiger partial charge on any atom is -0.313 e. The van der Waals surface area contributed by atoms with Gasteiger partial charge in [0.05, 0.1) is 6.20 Å². The van der Waals surface area contributed by atoms with Crippen molar-refractivity contribution < 1.29 is 0 Å². The second-order valence-corrected chi connectivity index (χ2v) is 5.06. The van der Waals surface area contributed by atoms with E-state index in [4.69, 9.17) is 0 Å². The molecule has 0 saturated carbocycles. The van der Waals surface area contributed by atoms with Crippen LogP contribution in [-0.2, 0) is 13.1 Å². The van der Waals surface area contributed by atoms with Gasteiger partial charge in [-0.05, 0) is 19.4 Å². The molecule has 18 heavy (non-hydrogen) atoms. The van der Waals surface area contributed by atoms with Crippen LogP contribution in [0.15, 0.2) is 12.4 Å². The van der Waals surface area contributed by atoms with Crippen LogP contribution in [0.5, 0.6) is 0 Å². The average molecular weight is 251 g/mol. The van der Waals surface area contributed by atoms with Crippen molar-refractivity contribution in [1.82, 2.24) is 15.1 Å². The van der Waals surface area contributed by atoms with Gasteiger partial charge < -0.3 is 5.32 Å². The van der Waals surface area contributed by atoms with Crippen LogP contribution in [0.25, 0.3) is 0 Å². The summed E-state index contributed by atoms with van der Waals surface area (Å²) in [6, 6.07) is 0. The molecule has 1 aromatic rings. The van der Waals surface area contributed by atoms with E-state index in [9.17, 15) is 0 Å². The lowest BCUT2D eigenvalue weighted by Crippen LogP contribution is -2.13. The molecule has 3 nitrogen and oxygen atoms in total. The first-order valence-electron chi connectivity index (χ1n) is 7.58. The van der Waals surface area contributed by atoms with Crippen molar-refractivity contribution in [2.75, 3.05) is 6.54 Å². The van der Waals surface area contributed by atoms with Crippen molar-refractivity contribution in [2.24, 2.45) is 0 Å². The van der Waals surface area contributed by atoms with E-state index in [2.05, 4.69) is 35.1 Å². The number of hydrogen-bond donors (Lipinski definition) is 1. The van der Waals surface area contributed by atoms with Gasteiger partial charge >= 0.3 is 0 Å². The van der Waals surface area contributed by atoms with Crippen LogP contribution in [0.2, 0.25) is 0 Å².